The number of nitrogens with one attached hydrogen (secondary N) is 2. The van der Waals surface area contributed by atoms with Gasteiger partial charge in [-0.15, -0.1) is 11.3 Å². The summed E-state index contributed by atoms with van der Waals surface area (Å²) in [6, 6.07) is 15.2. The van der Waals surface area contributed by atoms with Gasteiger partial charge in [0.15, 0.2) is 0 Å². The summed E-state index contributed by atoms with van der Waals surface area (Å²) in [4.78, 5) is 18.7. The summed E-state index contributed by atoms with van der Waals surface area (Å²) in [6.45, 7) is 5.46. The molecule has 37 heavy (non-hydrogen) atoms. The summed E-state index contributed by atoms with van der Waals surface area (Å²) in [5.74, 6) is 0.483. The van der Waals surface area contributed by atoms with Crippen molar-refractivity contribution < 1.29 is 13.2 Å². The minimum Gasteiger partial charge on any atom is -0.326 e. The third kappa shape index (κ3) is 6.13. The van der Waals surface area contributed by atoms with E-state index in [1.54, 1.807) is 35.7 Å². The lowest BCUT2D eigenvalue weighted by Crippen LogP contribution is -2.40. The van der Waals surface area contributed by atoms with Crippen LogP contribution in [0.2, 0.25) is 0 Å². The monoisotopic (exact) mass is 537 g/mol. The van der Waals surface area contributed by atoms with E-state index < -0.39 is 15.6 Å². The van der Waals surface area contributed by atoms with Crippen molar-refractivity contribution in [3.63, 3.8) is 0 Å². The zero-order chi connectivity index (χ0) is 26.2. The summed E-state index contributed by atoms with van der Waals surface area (Å²) in [7, 11) is -3.85. The molecule has 2 aromatic carbocycles. The number of carbonyl (C=O) groups is 1. The summed E-state index contributed by atoms with van der Waals surface area (Å²) >= 11 is 1.58. The van der Waals surface area contributed by atoms with E-state index in [0.717, 1.165) is 34.7 Å². The van der Waals surface area contributed by atoms with E-state index >= 15 is 0 Å². The predicted molar refractivity (Wildman–Crippen MR) is 149 cm³/mol. The lowest BCUT2D eigenvalue weighted by molar-refractivity contribution is -0.117. The van der Waals surface area contributed by atoms with Crippen molar-refractivity contribution in [2.75, 3.05) is 5.32 Å². The van der Waals surface area contributed by atoms with E-state index in [0.29, 0.717) is 17.2 Å². The molecule has 6 nitrogen and oxygen atoms in total. The largest absolute Gasteiger partial charge is 0.326 e. The zero-order valence-corrected chi connectivity index (χ0v) is 23.3. The summed E-state index contributed by atoms with van der Waals surface area (Å²) < 4.78 is 29.8. The molecule has 0 radical (unpaired) electrons. The van der Waals surface area contributed by atoms with Gasteiger partial charge < -0.3 is 5.32 Å². The maximum absolute atomic E-state index is 13.5. The van der Waals surface area contributed by atoms with Crippen LogP contribution < -0.4 is 10.0 Å². The van der Waals surface area contributed by atoms with E-state index in [4.69, 9.17) is 0 Å². The van der Waals surface area contributed by atoms with Gasteiger partial charge >= 0.3 is 0 Å². The summed E-state index contributed by atoms with van der Waals surface area (Å²) in [5.41, 5.74) is 1.61. The summed E-state index contributed by atoms with van der Waals surface area (Å²) in [6.07, 6.45) is 8.59. The van der Waals surface area contributed by atoms with Gasteiger partial charge in [-0.25, -0.2) is 18.1 Å². The highest BCUT2D eigenvalue weighted by atomic mass is 32.2. The maximum Gasteiger partial charge on any atom is 0.241 e. The van der Waals surface area contributed by atoms with Gasteiger partial charge in [0, 0.05) is 34.8 Å². The molecule has 0 bridgehead atoms. The molecule has 0 spiro atoms. The number of carbonyl (C=O) groups excluding carboxylic acids is 1. The average molecular weight is 538 g/mol. The Balaban J connectivity index is 1.42. The smallest absolute Gasteiger partial charge is 0.241 e. The van der Waals surface area contributed by atoms with E-state index in [-0.39, 0.29) is 22.6 Å². The number of aromatic nitrogens is 1. The molecule has 1 aromatic heterocycles. The van der Waals surface area contributed by atoms with Crippen molar-refractivity contribution in [3.05, 3.63) is 65.3 Å². The normalized spacial score (nSPS) is 20.5. The fourth-order valence-corrected chi connectivity index (χ4v) is 8.08. The van der Waals surface area contributed by atoms with Crippen LogP contribution in [0.3, 0.4) is 0 Å². The van der Waals surface area contributed by atoms with Crippen LogP contribution in [-0.4, -0.2) is 24.8 Å². The number of amides is 1. The first-order valence-corrected chi connectivity index (χ1v) is 15.4. The minimum absolute atomic E-state index is 0.0777. The van der Waals surface area contributed by atoms with Gasteiger partial charge in [0.05, 0.1) is 14.8 Å². The van der Waals surface area contributed by atoms with Crippen LogP contribution in [0.5, 0.6) is 0 Å². The molecule has 2 N–H and O–H groups in total. The number of sulfonamides is 1. The number of anilines is 1. The topological polar surface area (TPSA) is 88.2 Å². The predicted octanol–water partition coefficient (Wildman–Crippen LogP) is 6.68. The first-order chi connectivity index (χ1) is 17.6. The number of benzene rings is 2. The molecule has 1 heterocycles. The Bertz CT molecular complexity index is 1370. The van der Waals surface area contributed by atoms with Gasteiger partial charge in [0.1, 0.15) is 0 Å². The molecule has 0 aliphatic heterocycles. The van der Waals surface area contributed by atoms with E-state index in [1.807, 2.05) is 51.1 Å². The third-order valence-electron chi connectivity index (χ3n) is 7.08. The molecule has 2 saturated carbocycles. The molecule has 196 valence electrons. The van der Waals surface area contributed by atoms with Crippen LogP contribution in [0.15, 0.2) is 59.6 Å². The standard InChI is InChI=1S/C29H35N3O3S2/c1-29(2,3)32-37(34,35)26-16-21(31-27(33)24-17-23(24)19-10-6-4-7-11-19)14-15-22(26)25-18-30-28(36-25)20-12-8-5-9-13-20/h4,6-7,10-11,14-16,18,20,23-24,32H,5,8-9,12-13,17H2,1-3H3,(H,31,33). The van der Waals surface area contributed by atoms with Gasteiger partial charge in [-0.1, -0.05) is 55.7 Å². The molecule has 8 heteroatoms. The number of rotatable bonds is 7. The first-order valence-electron chi connectivity index (χ1n) is 13.1. The van der Waals surface area contributed by atoms with Crippen LogP contribution in [0, 0.1) is 5.92 Å². The lowest BCUT2D eigenvalue weighted by Gasteiger charge is -2.22. The van der Waals surface area contributed by atoms with Crippen molar-refractivity contribution >= 4 is 33.0 Å². The molecular weight excluding hydrogens is 502 g/mol. The van der Waals surface area contributed by atoms with Crippen LogP contribution in [0.4, 0.5) is 5.69 Å². The molecule has 2 unspecified atom stereocenters. The second-order valence-electron chi connectivity index (χ2n) is 11.3. The van der Waals surface area contributed by atoms with Crippen molar-refractivity contribution in [1.29, 1.82) is 0 Å². The van der Waals surface area contributed by atoms with E-state index in [2.05, 4.69) is 15.0 Å². The Morgan fingerprint density at radius 2 is 1.76 bits per heavy atom. The molecule has 2 aliphatic rings. The van der Waals surface area contributed by atoms with Gasteiger partial charge in [-0.3, -0.25) is 4.79 Å². The molecule has 2 aliphatic carbocycles. The summed E-state index contributed by atoms with van der Waals surface area (Å²) in [5, 5.41) is 4.05. The quantitative estimate of drug-likeness (QED) is 0.352. The Morgan fingerprint density at radius 1 is 1.03 bits per heavy atom. The van der Waals surface area contributed by atoms with E-state index in [9.17, 15) is 13.2 Å². The van der Waals surface area contributed by atoms with Crippen molar-refractivity contribution in [3.8, 4) is 10.4 Å². The first kappa shape index (κ1) is 26.1. The van der Waals surface area contributed by atoms with Gasteiger partial charge in [0.2, 0.25) is 15.9 Å². The van der Waals surface area contributed by atoms with Crippen molar-refractivity contribution in [1.82, 2.24) is 9.71 Å². The Hall–Kier alpha value is -2.55. The average Bonchev–Trinajstić information content (AvgIpc) is 3.52. The van der Waals surface area contributed by atoms with Crippen LogP contribution in [-0.2, 0) is 14.8 Å². The van der Waals surface area contributed by atoms with Crippen LogP contribution >= 0.6 is 11.3 Å². The third-order valence-corrected chi connectivity index (χ3v) is 10.1. The Morgan fingerprint density at radius 3 is 2.46 bits per heavy atom. The zero-order valence-electron chi connectivity index (χ0n) is 21.7. The highest BCUT2D eigenvalue weighted by molar-refractivity contribution is 7.89. The van der Waals surface area contributed by atoms with Gasteiger partial charge in [-0.2, -0.15) is 0 Å². The number of nitrogens with zero attached hydrogens (tertiary/aromatic N) is 1. The van der Waals surface area contributed by atoms with Crippen molar-refractivity contribution in [2.24, 2.45) is 5.92 Å². The van der Waals surface area contributed by atoms with Crippen LogP contribution in [0.25, 0.3) is 10.4 Å². The number of hydrogen-bond donors (Lipinski definition) is 2. The second-order valence-corrected chi connectivity index (χ2v) is 14.0. The molecule has 1 amide bonds. The molecule has 2 atom stereocenters. The highest BCUT2D eigenvalue weighted by Gasteiger charge is 2.44. The fraction of sp³-hybridized carbons (Fsp3) is 0.448. The van der Waals surface area contributed by atoms with Crippen molar-refractivity contribution in [2.45, 2.75) is 81.6 Å². The molecule has 2 fully saturated rings. The molecule has 5 rings (SSSR count). The number of thiazole rings is 1. The highest BCUT2D eigenvalue weighted by Crippen LogP contribution is 2.48. The van der Waals surface area contributed by atoms with Gasteiger partial charge in [0.25, 0.3) is 0 Å². The van der Waals surface area contributed by atoms with Crippen LogP contribution in [0.1, 0.15) is 81.7 Å². The Labute approximate surface area is 224 Å². The second kappa shape index (κ2) is 10.3. The fourth-order valence-electron chi connectivity index (χ4n) is 5.22. The SMILES string of the molecule is CC(C)(C)NS(=O)(=O)c1cc(NC(=O)C2CC2c2ccccc2)ccc1-c1cnc(C2CCCCC2)s1. The maximum atomic E-state index is 13.5. The lowest BCUT2D eigenvalue weighted by atomic mass is 9.90. The molecule has 0 saturated heterocycles. The minimum atomic E-state index is -3.85. The van der Waals surface area contributed by atoms with E-state index in [1.165, 1.54) is 19.3 Å². The molecule has 3 aromatic rings. The number of hydrogen-bond acceptors (Lipinski definition) is 5. The van der Waals surface area contributed by atoms with Gasteiger partial charge in [-0.05, 0) is 63.6 Å². The Kier molecular flexibility index (Phi) is 7.27. The molecular formula is C29H35N3O3S2.